The Morgan fingerprint density at radius 1 is 0.556 bits per heavy atom. The van der Waals surface area contributed by atoms with Crippen molar-refractivity contribution in [1.82, 2.24) is 0 Å². The van der Waals surface area contributed by atoms with E-state index in [9.17, 15) is 0 Å². The zero-order chi connectivity index (χ0) is 17.8. The Bertz CT molecular complexity index is 1450. The monoisotopic (exact) mass is 340 g/mol. The molecule has 5 aromatic carbocycles. The highest BCUT2D eigenvalue weighted by atomic mass is 14.2. The number of allylic oxidation sites excluding steroid dienone is 4. The van der Waals surface area contributed by atoms with Gasteiger partial charge in [-0.15, -0.1) is 0 Å². The zero-order valence-corrected chi connectivity index (χ0v) is 14.7. The van der Waals surface area contributed by atoms with E-state index in [4.69, 9.17) is 0 Å². The van der Waals surface area contributed by atoms with E-state index in [2.05, 4.69) is 103 Å². The Kier molecular flexibility index (Phi) is 2.95. The van der Waals surface area contributed by atoms with Crippen molar-refractivity contribution in [2.24, 2.45) is 5.92 Å². The topological polar surface area (TPSA) is 0 Å². The van der Waals surface area contributed by atoms with Gasteiger partial charge in [-0.3, -0.25) is 0 Å². The van der Waals surface area contributed by atoms with Gasteiger partial charge in [0.05, 0.1) is 5.92 Å². The predicted molar refractivity (Wildman–Crippen MR) is 116 cm³/mol. The lowest BCUT2D eigenvalue weighted by molar-refractivity contribution is 1.15. The van der Waals surface area contributed by atoms with Crippen molar-refractivity contribution in [3.05, 3.63) is 96.6 Å². The highest BCUT2D eigenvalue weighted by Gasteiger charge is 2.14. The molecular weight excluding hydrogens is 324 g/mol. The first-order valence-corrected chi connectivity index (χ1v) is 9.35. The second-order valence-electron chi connectivity index (χ2n) is 7.17. The molecule has 0 heteroatoms. The molecule has 0 aromatic heterocycles. The van der Waals surface area contributed by atoms with Gasteiger partial charge >= 0.3 is 0 Å². The average Bonchev–Trinajstić information content (AvgIpc) is 3.24. The van der Waals surface area contributed by atoms with E-state index in [0.29, 0.717) is 0 Å². The summed E-state index contributed by atoms with van der Waals surface area (Å²) in [7, 11) is 0. The van der Waals surface area contributed by atoms with Crippen molar-refractivity contribution in [2.75, 3.05) is 0 Å². The van der Waals surface area contributed by atoms with Crippen molar-refractivity contribution in [3.63, 3.8) is 0 Å². The fourth-order valence-electron chi connectivity index (χ4n) is 4.45. The second kappa shape index (κ2) is 5.47. The van der Waals surface area contributed by atoms with Crippen LogP contribution in [0.2, 0.25) is 0 Å². The van der Waals surface area contributed by atoms with Crippen LogP contribution in [0.5, 0.6) is 0 Å². The molecule has 0 spiro atoms. The Morgan fingerprint density at radius 3 is 1.93 bits per heavy atom. The molecule has 0 saturated carbocycles. The minimum absolute atomic E-state index is 0.217. The van der Waals surface area contributed by atoms with Crippen molar-refractivity contribution in [3.8, 4) is 11.8 Å². The number of rotatable bonds is 0. The van der Waals surface area contributed by atoms with E-state index in [-0.39, 0.29) is 5.92 Å². The fourth-order valence-corrected chi connectivity index (χ4v) is 4.45. The van der Waals surface area contributed by atoms with Gasteiger partial charge in [-0.05, 0) is 43.8 Å². The normalized spacial score (nSPS) is 13.9. The quantitative estimate of drug-likeness (QED) is 0.165. The minimum atomic E-state index is 0.217. The zero-order valence-electron chi connectivity index (χ0n) is 14.7. The lowest BCUT2D eigenvalue weighted by atomic mass is 9.88. The molecule has 0 fully saturated rings. The van der Waals surface area contributed by atoms with Crippen LogP contribution in [0.15, 0.2) is 91.0 Å². The van der Waals surface area contributed by atoms with Crippen LogP contribution in [0.4, 0.5) is 0 Å². The van der Waals surface area contributed by atoms with Crippen molar-refractivity contribution < 1.29 is 0 Å². The highest BCUT2D eigenvalue weighted by molar-refractivity contribution is 6.33. The Hall–Kier alpha value is -3.56. The number of hydrogen-bond donors (Lipinski definition) is 0. The van der Waals surface area contributed by atoms with E-state index in [1.807, 2.05) is 0 Å². The molecule has 0 nitrogen and oxygen atoms in total. The summed E-state index contributed by atoms with van der Waals surface area (Å²) < 4.78 is 0. The Balaban J connectivity index is 1.83. The molecule has 0 bridgehead atoms. The van der Waals surface area contributed by atoms with Crippen LogP contribution >= 0.6 is 0 Å². The van der Waals surface area contributed by atoms with E-state index in [0.717, 1.165) is 5.56 Å². The van der Waals surface area contributed by atoms with E-state index >= 15 is 0 Å². The van der Waals surface area contributed by atoms with Crippen molar-refractivity contribution in [2.45, 2.75) is 0 Å². The summed E-state index contributed by atoms with van der Waals surface area (Å²) in [5, 5.41) is 10.5. The van der Waals surface area contributed by atoms with Gasteiger partial charge in [-0.2, -0.15) is 0 Å². The largest absolute Gasteiger partial charge is 0.0861 e. The maximum absolute atomic E-state index is 3.48. The van der Waals surface area contributed by atoms with Crippen LogP contribution < -0.4 is 0 Å². The molecule has 0 saturated heterocycles. The van der Waals surface area contributed by atoms with Gasteiger partial charge in [-0.1, -0.05) is 96.8 Å². The molecule has 0 aliphatic heterocycles. The smallest absolute Gasteiger partial charge is 0.0573 e. The summed E-state index contributed by atoms with van der Waals surface area (Å²) in [6.45, 7) is 0. The Labute approximate surface area is 157 Å². The molecule has 0 atom stereocenters. The molecule has 0 heterocycles. The molecule has 0 N–H and O–H groups in total. The molecule has 0 unspecified atom stereocenters. The molecule has 0 radical (unpaired) electrons. The molecule has 1 aliphatic carbocycles. The Morgan fingerprint density at radius 2 is 1.19 bits per heavy atom. The maximum atomic E-state index is 3.48. The third-order valence-corrected chi connectivity index (χ3v) is 5.63. The molecule has 1 aliphatic rings. The van der Waals surface area contributed by atoms with Crippen molar-refractivity contribution in [1.29, 1.82) is 0 Å². The highest BCUT2D eigenvalue weighted by Crippen LogP contribution is 2.41. The molecule has 27 heavy (non-hydrogen) atoms. The number of fused-ring (bicyclic) bond motifs is 2. The second-order valence-corrected chi connectivity index (χ2v) is 7.17. The van der Waals surface area contributed by atoms with E-state index in [1.165, 1.54) is 43.1 Å². The molecule has 124 valence electrons. The van der Waals surface area contributed by atoms with E-state index in [1.54, 1.807) is 0 Å². The van der Waals surface area contributed by atoms with Gasteiger partial charge in [0.2, 0.25) is 0 Å². The summed E-state index contributed by atoms with van der Waals surface area (Å²) in [5.74, 6) is 7.11. The lowest BCUT2D eigenvalue weighted by Gasteiger charge is -2.15. The molecular formula is C27H16. The first-order valence-electron chi connectivity index (χ1n) is 9.35. The standard InChI is InChI=1S/C27H16/c1-2-7-18(6-1)14-15-21-17-16-20-10-4-12-23-22-11-3-8-19-9-5-13-24(25(19)22)27(21)26(20)23/h1-13,16-18H. The summed E-state index contributed by atoms with van der Waals surface area (Å²) in [4.78, 5) is 0. The molecule has 6 rings (SSSR count). The van der Waals surface area contributed by atoms with Gasteiger partial charge in [0, 0.05) is 10.9 Å². The van der Waals surface area contributed by atoms with Gasteiger partial charge in [0.1, 0.15) is 0 Å². The maximum Gasteiger partial charge on any atom is 0.0573 e. The third kappa shape index (κ3) is 2.06. The van der Waals surface area contributed by atoms with Crippen LogP contribution in [-0.2, 0) is 0 Å². The predicted octanol–water partition coefficient (Wildman–Crippen LogP) is 6.83. The van der Waals surface area contributed by atoms with Gasteiger partial charge in [0.25, 0.3) is 0 Å². The summed E-state index contributed by atoms with van der Waals surface area (Å²) in [6.07, 6.45) is 8.42. The van der Waals surface area contributed by atoms with Crippen LogP contribution in [-0.4, -0.2) is 0 Å². The van der Waals surface area contributed by atoms with E-state index < -0.39 is 0 Å². The van der Waals surface area contributed by atoms with Gasteiger partial charge < -0.3 is 0 Å². The van der Waals surface area contributed by atoms with Crippen LogP contribution in [0.3, 0.4) is 0 Å². The number of hydrogen-bond acceptors (Lipinski definition) is 0. The molecule has 0 amide bonds. The lowest BCUT2D eigenvalue weighted by Crippen LogP contribution is -1.90. The fraction of sp³-hybridized carbons (Fsp3) is 0.0370. The summed E-state index contributed by atoms with van der Waals surface area (Å²) in [5.41, 5.74) is 1.12. The third-order valence-electron chi connectivity index (χ3n) is 5.63. The van der Waals surface area contributed by atoms with Crippen LogP contribution in [0, 0.1) is 17.8 Å². The molecule has 5 aromatic rings. The summed E-state index contributed by atoms with van der Waals surface area (Å²) in [6, 6.07) is 24.2. The van der Waals surface area contributed by atoms with Gasteiger partial charge in [-0.25, -0.2) is 0 Å². The minimum Gasteiger partial charge on any atom is -0.0861 e. The van der Waals surface area contributed by atoms with Crippen LogP contribution in [0.25, 0.3) is 43.1 Å². The van der Waals surface area contributed by atoms with Crippen LogP contribution in [0.1, 0.15) is 5.56 Å². The SMILES string of the molecule is C(#CC1C=CC=C1)c1ccc2cccc3c4cccc5cccc(c1c23)c54. The van der Waals surface area contributed by atoms with Gasteiger partial charge in [0.15, 0.2) is 0 Å². The number of benzene rings is 5. The first-order chi connectivity index (χ1) is 13.4. The first kappa shape index (κ1) is 14.6. The average molecular weight is 340 g/mol. The van der Waals surface area contributed by atoms with Crippen molar-refractivity contribution >= 4 is 43.1 Å². The summed E-state index contributed by atoms with van der Waals surface area (Å²) >= 11 is 0.